The zero-order valence-electron chi connectivity index (χ0n) is 9.69. The van der Waals surface area contributed by atoms with Gasteiger partial charge in [-0.25, -0.2) is 4.79 Å². The van der Waals surface area contributed by atoms with Crippen molar-refractivity contribution in [3.05, 3.63) is 21.9 Å². The van der Waals surface area contributed by atoms with Crippen LogP contribution in [0, 0.1) is 5.92 Å². The molecule has 18 heavy (non-hydrogen) atoms. The van der Waals surface area contributed by atoms with Crippen LogP contribution in [0.5, 0.6) is 0 Å². The molecule has 2 N–H and O–H groups in total. The van der Waals surface area contributed by atoms with Crippen molar-refractivity contribution in [2.75, 3.05) is 7.11 Å². The molecule has 1 heterocycles. The average Bonchev–Trinajstić information content (AvgIpc) is 3.12. The van der Waals surface area contributed by atoms with Crippen LogP contribution < -0.4 is 10.9 Å². The zero-order chi connectivity index (χ0) is 13.1. The minimum absolute atomic E-state index is 0.0271. The Morgan fingerprint density at radius 3 is 2.50 bits per heavy atom. The van der Waals surface area contributed by atoms with E-state index >= 15 is 0 Å². The molecular weight excluding hydrogens is 256 g/mol. The maximum absolute atomic E-state index is 11.6. The van der Waals surface area contributed by atoms with Crippen molar-refractivity contribution in [3.8, 4) is 0 Å². The van der Waals surface area contributed by atoms with Gasteiger partial charge in [0.05, 0.1) is 12.0 Å². The lowest BCUT2D eigenvalue weighted by atomic mass is 10.4. The van der Waals surface area contributed by atoms with E-state index in [1.807, 2.05) is 0 Å². The van der Waals surface area contributed by atoms with Crippen LogP contribution in [0.3, 0.4) is 0 Å². The molecule has 0 unspecified atom stereocenters. The molecule has 1 fully saturated rings. The van der Waals surface area contributed by atoms with Crippen LogP contribution in [0.1, 0.15) is 32.2 Å². The summed E-state index contributed by atoms with van der Waals surface area (Å²) in [6.45, 7) is 0. The Bertz CT molecular complexity index is 493. The van der Waals surface area contributed by atoms with Crippen molar-refractivity contribution >= 4 is 29.1 Å². The summed E-state index contributed by atoms with van der Waals surface area (Å²) in [4.78, 5) is 34.8. The first-order valence-electron chi connectivity index (χ1n) is 5.40. The SMILES string of the molecule is COC(=O)c1ccc(C(=O)NNC(=O)C2CC2)s1. The summed E-state index contributed by atoms with van der Waals surface area (Å²) in [5, 5.41) is 0. The van der Waals surface area contributed by atoms with Gasteiger partial charge in [0.2, 0.25) is 5.91 Å². The standard InChI is InChI=1S/C11H12N2O4S/c1-17-11(16)8-5-4-7(18-8)10(15)13-12-9(14)6-2-3-6/h4-6H,2-3H2,1H3,(H,12,14)(H,13,15). The van der Waals surface area contributed by atoms with Gasteiger partial charge in [0.1, 0.15) is 4.88 Å². The number of thiophene rings is 1. The zero-order valence-corrected chi connectivity index (χ0v) is 10.5. The number of nitrogens with one attached hydrogen (secondary N) is 2. The summed E-state index contributed by atoms with van der Waals surface area (Å²) in [5.74, 6) is -1.07. The molecule has 6 nitrogen and oxygen atoms in total. The predicted octanol–water partition coefficient (Wildman–Crippen LogP) is 0.706. The monoisotopic (exact) mass is 268 g/mol. The number of hydrogen-bond acceptors (Lipinski definition) is 5. The van der Waals surface area contributed by atoms with Crippen molar-refractivity contribution in [2.45, 2.75) is 12.8 Å². The molecule has 0 atom stereocenters. The largest absolute Gasteiger partial charge is 0.465 e. The summed E-state index contributed by atoms with van der Waals surface area (Å²) in [6.07, 6.45) is 1.74. The smallest absolute Gasteiger partial charge is 0.348 e. The molecular formula is C11H12N2O4S. The number of amides is 2. The minimum atomic E-state index is -0.485. The Labute approximate surface area is 107 Å². The number of hydrogen-bond donors (Lipinski definition) is 2. The van der Waals surface area contributed by atoms with Crippen LogP contribution in [0.25, 0.3) is 0 Å². The molecule has 2 amide bonds. The van der Waals surface area contributed by atoms with Crippen LogP contribution >= 0.6 is 11.3 Å². The van der Waals surface area contributed by atoms with Gasteiger partial charge in [-0.1, -0.05) is 0 Å². The quantitative estimate of drug-likeness (QED) is 0.624. The fourth-order valence-corrected chi connectivity index (χ4v) is 2.12. The summed E-state index contributed by atoms with van der Waals surface area (Å²) in [7, 11) is 1.28. The number of ether oxygens (including phenoxy) is 1. The van der Waals surface area contributed by atoms with E-state index in [4.69, 9.17) is 0 Å². The first-order chi connectivity index (χ1) is 8.61. The third-order valence-electron chi connectivity index (χ3n) is 2.46. The minimum Gasteiger partial charge on any atom is -0.465 e. The van der Waals surface area contributed by atoms with Crippen LogP contribution in [0.4, 0.5) is 0 Å². The Morgan fingerprint density at radius 1 is 1.22 bits per heavy atom. The van der Waals surface area contributed by atoms with E-state index in [0.717, 1.165) is 24.2 Å². The lowest BCUT2D eigenvalue weighted by Gasteiger charge is -2.04. The lowest BCUT2D eigenvalue weighted by Crippen LogP contribution is -2.42. The van der Waals surface area contributed by atoms with Gasteiger partial charge in [-0.3, -0.25) is 20.4 Å². The van der Waals surface area contributed by atoms with Crippen molar-refractivity contribution in [3.63, 3.8) is 0 Å². The molecule has 1 aliphatic carbocycles. The fourth-order valence-electron chi connectivity index (χ4n) is 1.30. The van der Waals surface area contributed by atoms with Crippen LogP contribution in [0.2, 0.25) is 0 Å². The van der Waals surface area contributed by atoms with E-state index in [9.17, 15) is 14.4 Å². The van der Waals surface area contributed by atoms with E-state index in [0.29, 0.717) is 9.75 Å². The highest BCUT2D eigenvalue weighted by molar-refractivity contribution is 7.15. The number of rotatable bonds is 3. The van der Waals surface area contributed by atoms with Crippen molar-refractivity contribution in [2.24, 2.45) is 5.92 Å². The molecule has 1 aromatic rings. The molecule has 1 saturated carbocycles. The number of esters is 1. The van der Waals surface area contributed by atoms with Gasteiger partial charge >= 0.3 is 5.97 Å². The summed E-state index contributed by atoms with van der Waals surface area (Å²) < 4.78 is 4.54. The van der Waals surface area contributed by atoms with Gasteiger partial charge in [0.15, 0.2) is 0 Å². The molecule has 0 radical (unpaired) electrons. The van der Waals surface area contributed by atoms with Gasteiger partial charge in [0.25, 0.3) is 5.91 Å². The van der Waals surface area contributed by atoms with Crippen LogP contribution in [-0.4, -0.2) is 24.9 Å². The molecule has 1 aliphatic rings. The van der Waals surface area contributed by atoms with Crippen LogP contribution in [0.15, 0.2) is 12.1 Å². The first-order valence-corrected chi connectivity index (χ1v) is 6.22. The maximum Gasteiger partial charge on any atom is 0.348 e. The molecule has 7 heteroatoms. The highest BCUT2D eigenvalue weighted by atomic mass is 32.1. The fraction of sp³-hybridized carbons (Fsp3) is 0.364. The van der Waals surface area contributed by atoms with Crippen molar-refractivity contribution in [1.29, 1.82) is 0 Å². The number of carbonyl (C=O) groups is 3. The maximum atomic E-state index is 11.6. The van der Waals surface area contributed by atoms with Crippen molar-refractivity contribution in [1.82, 2.24) is 10.9 Å². The molecule has 0 spiro atoms. The van der Waals surface area contributed by atoms with E-state index in [-0.39, 0.29) is 11.8 Å². The number of hydrazine groups is 1. The van der Waals surface area contributed by atoms with E-state index in [1.54, 1.807) is 0 Å². The summed E-state index contributed by atoms with van der Waals surface area (Å²) in [5.41, 5.74) is 4.66. The predicted molar refractivity (Wildman–Crippen MR) is 64.0 cm³/mol. The molecule has 96 valence electrons. The molecule has 0 saturated heterocycles. The molecule has 1 aromatic heterocycles. The molecule has 0 bridgehead atoms. The topological polar surface area (TPSA) is 84.5 Å². The second kappa shape index (κ2) is 5.18. The van der Waals surface area contributed by atoms with E-state index < -0.39 is 11.9 Å². The Morgan fingerprint density at radius 2 is 1.89 bits per heavy atom. The average molecular weight is 268 g/mol. The van der Waals surface area contributed by atoms with Crippen LogP contribution in [-0.2, 0) is 9.53 Å². The summed E-state index contributed by atoms with van der Waals surface area (Å²) >= 11 is 1.01. The third-order valence-corrected chi connectivity index (χ3v) is 3.53. The van der Waals surface area contributed by atoms with Gasteiger partial charge in [-0.15, -0.1) is 11.3 Å². The third kappa shape index (κ3) is 2.86. The van der Waals surface area contributed by atoms with Gasteiger partial charge in [-0.2, -0.15) is 0 Å². The number of carbonyl (C=O) groups excluding carboxylic acids is 3. The Hall–Kier alpha value is -1.89. The molecule has 2 rings (SSSR count). The van der Waals surface area contributed by atoms with Gasteiger partial charge in [-0.05, 0) is 25.0 Å². The van der Waals surface area contributed by atoms with E-state index in [2.05, 4.69) is 15.6 Å². The molecule has 0 aromatic carbocycles. The normalized spacial score (nSPS) is 13.8. The Balaban J connectivity index is 1.90. The Kier molecular flexibility index (Phi) is 3.61. The highest BCUT2D eigenvalue weighted by Crippen LogP contribution is 2.28. The van der Waals surface area contributed by atoms with Crippen molar-refractivity contribution < 1.29 is 19.1 Å². The lowest BCUT2D eigenvalue weighted by molar-refractivity contribution is -0.123. The second-order valence-corrected chi connectivity index (χ2v) is 4.96. The summed E-state index contributed by atoms with van der Waals surface area (Å²) in [6, 6.07) is 3.02. The number of methoxy groups -OCH3 is 1. The highest BCUT2D eigenvalue weighted by Gasteiger charge is 2.29. The van der Waals surface area contributed by atoms with Gasteiger partial charge in [0, 0.05) is 5.92 Å². The second-order valence-electron chi connectivity index (χ2n) is 3.87. The first kappa shape index (κ1) is 12.6. The van der Waals surface area contributed by atoms with Gasteiger partial charge < -0.3 is 4.74 Å². The van der Waals surface area contributed by atoms with E-state index in [1.165, 1.54) is 19.2 Å². The molecule has 0 aliphatic heterocycles.